The predicted molar refractivity (Wildman–Crippen MR) is 123 cm³/mol. The maximum absolute atomic E-state index is 13.6. The van der Waals surface area contributed by atoms with Gasteiger partial charge < -0.3 is 10.0 Å². The van der Waals surface area contributed by atoms with Crippen LogP contribution in [0.4, 0.5) is 0 Å². The Kier molecular flexibility index (Phi) is 6.32. The van der Waals surface area contributed by atoms with E-state index in [1.807, 2.05) is 53.4 Å². The zero-order valence-electron chi connectivity index (χ0n) is 18.3. The van der Waals surface area contributed by atoms with E-state index in [9.17, 15) is 9.59 Å². The second-order valence-electron chi connectivity index (χ2n) is 8.39. The molecule has 1 saturated heterocycles. The Hall–Kier alpha value is -3.51. The second-order valence-corrected chi connectivity index (χ2v) is 8.39. The zero-order chi connectivity index (χ0) is 22.7. The molecule has 0 bridgehead atoms. The van der Waals surface area contributed by atoms with Crippen molar-refractivity contribution in [3.05, 3.63) is 89.7 Å². The van der Waals surface area contributed by atoms with Gasteiger partial charge in [0.05, 0.1) is 5.56 Å². The van der Waals surface area contributed by atoms with Crippen LogP contribution in [0.5, 0.6) is 0 Å². The minimum Gasteiger partial charge on any atom is -0.478 e. The quantitative estimate of drug-likeness (QED) is 0.659. The molecule has 6 heteroatoms. The van der Waals surface area contributed by atoms with Crippen molar-refractivity contribution in [1.29, 1.82) is 0 Å². The van der Waals surface area contributed by atoms with Gasteiger partial charge in [-0.3, -0.25) is 14.7 Å². The van der Waals surface area contributed by atoms with E-state index in [-0.39, 0.29) is 18.0 Å². The van der Waals surface area contributed by atoms with Crippen molar-refractivity contribution in [2.45, 2.75) is 32.5 Å². The first-order valence-corrected chi connectivity index (χ1v) is 10.8. The van der Waals surface area contributed by atoms with Gasteiger partial charge in [0, 0.05) is 49.7 Å². The van der Waals surface area contributed by atoms with Crippen molar-refractivity contribution < 1.29 is 14.7 Å². The molecule has 0 aliphatic carbocycles. The van der Waals surface area contributed by atoms with E-state index in [0.29, 0.717) is 11.1 Å². The van der Waals surface area contributed by atoms with Crippen LogP contribution in [-0.4, -0.2) is 56.9 Å². The van der Waals surface area contributed by atoms with Gasteiger partial charge in [-0.2, -0.15) is 0 Å². The molecule has 0 radical (unpaired) electrons. The van der Waals surface area contributed by atoms with Gasteiger partial charge in [-0.25, -0.2) is 4.79 Å². The van der Waals surface area contributed by atoms with Crippen molar-refractivity contribution in [3.63, 3.8) is 0 Å². The van der Waals surface area contributed by atoms with Crippen molar-refractivity contribution in [3.8, 4) is 11.1 Å². The van der Waals surface area contributed by atoms with Gasteiger partial charge in [0.15, 0.2) is 0 Å². The third-order valence-electron chi connectivity index (χ3n) is 5.98. The number of amides is 1. The molecule has 4 rings (SSSR count). The van der Waals surface area contributed by atoms with E-state index in [4.69, 9.17) is 5.11 Å². The predicted octanol–water partition coefficient (Wildman–Crippen LogP) is 4.18. The highest BCUT2D eigenvalue weighted by Crippen LogP contribution is 2.27. The summed E-state index contributed by atoms with van der Waals surface area (Å²) >= 11 is 0. The minimum absolute atomic E-state index is 0.0443. The van der Waals surface area contributed by atoms with Gasteiger partial charge in [0.25, 0.3) is 5.91 Å². The summed E-state index contributed by atoms with van der Waals surface area (Å²) in [5.74, 6) is -0.874. The number of rotatable bonds is 5. The number of piperazine rings is 1. The van der Waals surface area contributed by atoms with Crippen LogP contribution in [0.1, 0.15) is 40.1 Å². The van der Waals surface area contributed by atoms with Gasteiger partial charge in [0.1, 0.15) is 0 Å². The van der Waals surface area contributed by atoms with E-state index in [0.717, 1.165) is 36.3 Å². The molecular weight excluding hydrogens is 402 g/mol. The lowest BCUT2D eigenvalue weighted by Gasteiger charge is -2.44. The lowest BCUT2D eigenvalue weighted by Crippen LogP contribution is -2.58. The van der Waals surface area contributed by atoms with Crippen LogP contribution in [0.15, 0.2) is 73.1 Å². The average Bonchev–Trinajstić information content (AvgIpc) is 2.79. The SMILES string of the molecule is C[C@@H]1CN(Cc2ccc(C(=O)O)cc2)C[C@H](C)N1C(=O)c1ccccc1-c1ccncc1. The van der Waals surface area contributed by atoms with Crippen molar-refractivity contribution >= 4 is 11.9 Å². The number of benzene rings is 2. The fraction of sp³-hybridized carbons (Fsp3) is 0.269. The van der Waals surface area contributed by atoms with Crippen molar-refractivity contribution in [2.24, 2.45) is 0 Å². The fourth-order valence-electron chi connectivity index (χ4n) is 4.56. The molecule has 3 aromatic rings. The summed E-state index contributed by atoms with van der Waals surface area (Å²) in [5, 5.41) is 9.08. The largest absolute Gasteiger partial charge is 0.478 e. The van der Waals surface area contributed by atoms with E-state index in [1.54, 1.807) is 24.5 Å². The highest BCUT2D eigenvalue weighted by atomic mass is 16.4. The molecule has 164 valence electrons. The molecule has 2 heterocycles. The second kappa shape index (κ2) is 9.32. The highest BCUT2D eigenvalue weighted by Gasteiger charge is 2.34. The first kappa shape index (κ1) is 21.7. The van der Waals surface area contributed by atoms with Gasteiger partial charge in [-0.15, -0.1) is 0 Å². The Morgan fingerprint density at radius 3 is 2.19 bits per heavy atom. The van der Waals surface area contributed by atoms with Crippen LogP contribution < -0.4 is 0 Å². The summed E-state index contributed by atoms with van der Waals surface area (Å²) in [5.41, 5.74) is 3.96. The van der Waals surface area contributed by atoms with Crippen molar-refractivity contribution in [1.82, 2.24) is 14.8 Å². The molecular formula is C26H27N3O3. The third-order valence-corrected chi connectivity index (χ3v) is 5.98. The Labute approximate surface area is 188 Å². The van der Waals surface area contributed by atoms with Crippen LogP contribution in [0.25, 0.3) is 11.1 Å². The lowest BCUT2D eigenvalue weighted by atomic mass is 9.97. The summed E-state index contributed by atoms with van der Waals surface area (Å²) in [6, 6.07) is 18.7. The Balaban J connectivity index is 1.50. The zero-order valence-corrected chi connectivity index (χ0v) is 18.3. The molecule has 0 unspecified atom stereocenters. The van der Waals surface area contributed by atoms with E-state index in [2.05, 4.69) is 23.7 Å². The number of carbonyl (C=O) groups excluding carboxylic acids is 1. The summed E-state index contributed by atoms with van der Waals surface area (Å²) in [7, 11) is 0. The Morgan fingerprint density at radius 2 is 1.56 bits per heavy atom. The first-order valence-electron chi connectivity index (χ1n) is 10.8. The summed E-state index contributed by atoms with van der Waals surface area (Å²) in [6.07, 6.45) is 3.48. The smallest absolute Gasteiger partial charge is 0.335 e. The molecule has 0 spiro atoms. The molecule has 1 amide bonds. The van der Waals surface area contributed by atoms with Gasteiger partial charge in [-0.05, 0) is 60.9 Å². The van der Waals surface area contributed by atoms with Gasteiger partial charge in [-0.1, -0.05) is 30.3 Å². The number of hydrogen-bond acceptors (Lipinski definition) is 4. The van der Waals surface area contributed by atoms with Crippen LogP contribution >= 0.6 is 0 Å². The molecule has 6 nitrogen and oxygen atoms in total. The first-order chi connectivity index (χ1) is 15.4. The number of pyridine rings is 1. The lowest BCUT2D eigenvalue weighted by molar-refractivity contribution is 0.0269. The number of hydrogen-bond donors (Lipinski definition) is 1. The van der Waals surface area contributed by atoms with Gasteiger partial charge >= 0.3 is 5.97 Å². The summed E-state index contributed by atoms with van der Waals surface area (Å²) < 4.78 is 0. The van der Waals surface area contributed by atoms with Crippen LogP contribution in [0.3, 0.4) is 0 Å². The highest BCUT2D eigenvalue weighted by molar-refractivity contribution is 6.01. The van der Waals surface area contributed by atoms with Crippen LogP contribution in [0, 0.1) is 0 Å². The summed E-state index contributed by atoms with van der Waals surface area (Å²) in [6.45, 7) is 6.42. The number of aromatic carboxylic acids is 1. The molecule has 1 aromatic heterocycles. The van der Waals surface area contributed by atoms with E-state index < -0.39 is 5.97 Å². The molecule has 2 atom stereocenters. The maximum Gasteiger partial charge on any atom is 0.335 e. The van der Waals surface area contributed by atoms with E-state index in [1.165, 1.54) is 0 Å². The minimum atomic E-state index is -0.919. The van der Waals surface area contributed by atoms with Crippen molar-refractivity contribution in [2.75, 3.05) is 13.1 Å². The third kappa shape index (κ3) is 4.55. The number of carboxylic acids is 1. The average molecular weight is 430 g/mol. The number of nitrogens with zero attached hydrogens (tertiary/aromatic N) is 3. The molecule has 32 heavy (non-hydrogen) atoms. The number of carboxylic acid groups (broad SMARTS) is 1. The standard InChI is InChI=1S/C26H27N3O3/c1-18-15-28(17-20-7-9-22(10-8-20)26(31)32)16-19(2)29(18)25(30)24-6-4-3-5-23(24)21-11-13-27-14-12-21/h3-14,18-19H,15-17H2,1-2H3,(H,31,32)/t18-,19+. The number of carbonyl (C=O) groups is 2. The topological polar surface area (TPSA) is 73.7 Å². The number of aromatic nitrogens is 1. The Morgan fingerprint density at radius 1 is 0.938 bits per heavy atom. The van der Waals surface area contributed by atoms with Crippen LogP contribution in [0.2, 0.25) is 0 Å². The van der Waals surface area contributed by atoms with E-state index >= 15 is 0 Å². The van der Waals surface area contributed by atoms with Crippen LogP contribution in [-0.2, 0) is 6.54 Å². The molecule has 2 aromatic carbocycles. The molecule has 1 aliphatic heterocycles. The summed E-state index contributed by atoms with van der Waals surface area (Å²) in [4.78, 5) is 33.1. The molecule has 1 aliphatic rings. The maximum atomic E-state index is 13.6. The fourth-order valence-corrected chi connectivity index (χ4v) is 4.56. The molecule has 0 saturated carbocycles. The van der Waals surface area contributed by atoms with Gasteiger partial charge in [0.2, 0.25) is 0 Å². The normalized spacial score (nSPS) is 19.0. The monoisotopic (exact) mass is 429 g/mol. The molecule has 1 N–H and O–H groups in total. The molecule has 1 fully saturated rings. The Bertz CT molecular complexity index is 1090.